The van der Waals surface area contributed by atoms with Crippen LogP contribution in [0.1, 0.15) is 65.1 Å². The highest BCUT2D eigenvalue weighted by atomic mass is 16.5. The number of hydrogen-bond acceptors (Lipinski definition) is 3. The molecule has 1 heterocycles. The normalized spacial score (nSPS) is 19.9. The summed E-state index contributed by atoms with van der Waals surface area (Å²) in [5.74, 6) is 0. The molecule has 0 saturated heterocycles. The minimum atomic E-state index is -0.0168. The smallest absolute Gasteiger partial charge is 0.0777 e. The zero-order valence-corrected chi connectivity index (χ0v) is 14.0. The van der Waals surface area contributed by atoms with Crippen LogP contribution in [-0.2, 0) is 11.2 Å². The first-order valence-corrected chi connectivity index (χ1v) is 8.33. The molecule has 21 heavy (non-hydrogen) atoms. The van der Waals surface area contributed by atoms with Gasteiger partial charge in [0, 0.05) is 25.3 Å². The fraction of sp³-hybridized carbons (Fsp3) is 0.824. The molecule has 0 aromatic carbocycles. The van der Waals surface area contributed by atoms with E-state index in [1.54, 1.807) is 0 Å². The molecule has 4 heteroatoms. The van der Waals surface area contributed by atoms with Gasteiger partial charge < -0.3 is 10.5 Å². The van der Waals surface area contributed by atoms with Crippen LogP contribution in [0.3, 0.4) is 0 Å². The Kier molecular flexibility index (Phi) is 5.44. The first-order chi connectivity index (χ1) is 9.91. The lowest BCUT2D eigenvalue weighted by Gasteiger charge is -2.34. The van der Waals surface area contributed by atoms with Crippen molar-refractivity contribution in [3.05, 3.63) is 18.0 Å². The fourth-order valence-corrected chi connectivity index (χ4v) is 3.40. The van der Waals surface area contributed by atoms with Crippen molar-refractivity contribution < 1.29 is 4.74 Å². The molecule has 120 valence electrons. The summed E-state index contributed by atoms with van der Waals surface area (Å²) >= 11 is 0. The maximum absolute atomic E-state index is 6.41. The summed E-state index contributed by atoms with van der Waals surface area (Å²) in [6.45, 7) is 9.28. The van der Waals surface area contributed by atoms with Crippen molar-refractivity contribution in [3.63, 3.8) is 0 Å². The first-order valence-electron chi connectivity index (χ1n) is 8.33. The van der Waals surface area contributed by atoms with Gasteiger partial charge in [0.15, 0.2) is 0 Å². The monoisotopic (exact) mass is 293 g/mol. The molecule has 0 spiro atoms. The van der Waals surface area contributed by atoms with Crippen molar-refractivity contribution in [3.8, 4) is 0 Å². The minimum absolute atomic E-state index is 0.0168. The van der Waals surface area contributed by atoms with Crippen molar-refractivity contribution in [2.45, 2.75) is 78.0 Å². The fourth-order valence-electron chi connectivity index (χ4n) is 3.40. The molecule has 1 aliphatic rings. The highest BCUT2D eigenvalue weighted by molar-refractivity contribution is 5.04. The molecule has 0 radical (unpaired) electrons. The van der Waals surface area contributed by atoms with E-state index in [0.29, 0.717) is 12.6 Å². The number of rotatable bonds is 6. The van der Waals surface area contributed by atoms with E-state index in [9.17, 15) is 0 Å². The molecule has 1 fully saturated rings. The van der Waals surface area contributed by atoms with Gasteiger partial charge in [0.25, 0.3) is 0 Å². The minimum Gasteiger partial charge on any atom is -0.376 e. The largest absolute Gasteiger partial charge is 0.376 e. The summed E-state index contributed by atoms with van der Waals surface area (Å²) in [7, 11) is 0. The maximum atomic E-state index is 6.41. The van der Waals surface area contributed by atoms with E-state index in [2.05, 4.69) is 37.7 Å². The lowest BCUT2D eigenvalue weighted by Crippen LogP contribution is -2.46. The molecular formula is C17H31N3O. The SMILES string of the molecule is CCOC(C(N)Cc1ccn(C2CCCC2)n1)C(C)(C)C. The van der Waals surface area contributed by atoms with Gasteiger partial charge in [-0.3, -0.25) is 4.68 Å². The number of hydrogen-bond donors (Lipinski definition) is 1. The van der Waals surface area contributed by atoms with Gasteiger partial charge in [0.2, 0.25) is 0 Å². The molecule has 1 aliphatic carbocycles. The molecule has 0 bridgehead atoms. The summed E-state index contributed by atoms with van der Waals surface area (Å²) in [4.78, 5) is 0. The van der Waals surface area contributed by atoms with Gasteiger partial charge in [-0.25, -0.2) is 0 Å². The van der Waals surface area contributed by atoms with Crippen LogP contribution in [0.5, 0.6) is 0 Å². The van der Waals surface area contributed by atoms with Crippen molar-refractivity contribution in [2.75, 3.05) is 6.61 Å². The van der Waals surface area contributed by atoms with Gasteiger partial charge in [0.05, 0.1) is 17.8 Å². The third-order valence-electron chi connectivity index (χ3n) is 4.40. The van der Waals surface area contributed by atoms with Crippen LogP contribution < -0.4 is 5.73 Å². The van der Waals surface area contributed by atoms with E-state index in [4.69, 9.17) is 15.6 Å². The standard InChI is InChI=1S/C17H31N3O/c1-5-21-16(17(2,3)4)15(18)12-13-10-11-20(19-13)14-8-6-7-9-14/h10-11,14-16H,5-9,12,18H2,1-4H3. The van der Waals surface area contributed by atoms with E-state index in [1.165, 1.54) is 25.7 Å². The van der Waals surface area contributed by atoms with Crippen LogP contribution in [0, 0.1) is 5.41 Å². The zero-order valence-electron chi connectivity index (χ0n) is 14.0. The van der Waals surface area contributed by atoms with E-state index in [1.807, 2.05) is 6.92 Å². The average Bonchev–Trinajstić information content (AvgIpc) is 3.04. The number of nitrogens with zero attached hydrogens (tertiary/aromatic N) is 2. The Balaban J connectivity index is 1.99. The molecule has 1 aromatic heterocycles. The van der Waals surface area contributed by atoms with Crippen molar-refractivity contribution >= 4 is 0 Å². The number of aromatic nitrogens is 2. The molecular weight excluding hydrogens is 262 g/mol. The highest BCUT2D eigenvalue weighted by Crippen LogP contribution is 2.29. The molecule has 2 rings (SSSR count). The van der Waals surface area contributed by atoms with Gasteiger partial charge in [-0.1, -0.05) is 33.6 Å². The van der Waals surface area contributed by atoms with Crippen LogP contribution in [0.25, 0.3) is 0 Å². The summed E-state index contributed by atoms with van der Waals surface area (Å²) in [5.41, 5.74) is 7.54. The second-order valence-corrected chi connectivity index (χ2v) is 7.34. The second kappa shape index (κ2) is 6.93. The third-order valence-corrected chi connectivity index (χ3v) is 4.40. The predicted octanol–water partition coefficient (Wildman–Crippen LogP) is 3.32. The Bertz CT molecular complexity index is 429. The second-order valence-electron chi connectivity index (χ2n) is 7.34. The Morgan fingerprint density at radius 3 is 2.62 bits per heavy atom. The summed E-state index contributed by atoms with van der Waals surface area (Å²) < 4.78 is 8.03. The summed E-state index contributed by atoms with van der Waals surface area (Å²) in [6, 6.07) is 2.70. The first kappa shape index (κ1) is 16.5. The molecule has 0 aliphatic heterocycles. The molecule has 2 unspecified atom stereocenters. The molecule has 1 aromatic rings. The van der Waals surface area contributed by atoms with E-state index >= 15 is 0 Å². The van der Waals surface area contributed by atoms with Crippen molar-refractivity contribution in [1.29, 1.82) is 0 Å². The Morgan fingerprint density at radius 2 is 2.05 bits per heavy atom. The highest BCUT2D eigenvalue weighted by Gasteiger charge is 2.31. The average molecular weight is 293 g/mol. The van der Waals surface area contributed by atoms with Crippen LogP contribution in [0.2, 0.25) is 0 Å². The van der Waals surface area contributed by atoms with E-state index < -0.39 is 0 Å². The van der Waals surface area contributed by atoms with Gasteiger partial charge in [-0.05, 0) is 31.2 Å². The van der Waals surface area contributed by atoms with Crippen LogP contribution in [0.4, 0.5) is 0 Å². The maximum Gasteiger partial charge on any atom is 0.0777 e. The van der Waals surface area contributed by atoms with Gasteiger partial charge in [0.1, 0.15) is 0 Å². The lowest BCUT2D eigenvalue weighted by atomic mass is 9.83. The molecule has 0 amide bonds. The van der Waals surface area contributed by atoms with Gasteiger partial charge >= 0.3 is 0 Å². The molecule has 4 nitrogen and oxygen atoms in total. The van der Waals surface area contributed by atoms with Gasteiger partial charge in [-0.15, -0.1) is 0 Å². The quantitative estimate of drug-likeness (QED) is 0.875. The molecule has 2 atom stereocenters. The Hall–Kier alpha value is -0.870. The third kappa shape index (κ3) is 4.30. The topological polar surface area (TPSA) is 53.1 Å². The Labute approximate surface area is 129 Å². The van der Waals surface area contributed by atoms with E-state index in [-0.39, 0.29) is 17.6 Å². The molecule has 2 N–H and O–H groups in total. The van der Waals surface area contributed by atoms with E-state index in [0.717, 1.165) is 12.1 Å². The Morgan fingerprint density at radius 1 is 1.38 bits per heavy atom. The van der Waals surface area contributed by atoms with Crippen molar-refractivity contribution in [2.24, 2.45) is 11.1 Å². The number of nitrogens with two attached hydrogens (primary N) is 1. The number of ether oxygens (including phenoxy) is 1. The van der Waals surface area contributed by atoms with Crippen molar-refractivity contribution in [1.82, 2.24) is 9.78 Å². The molecule has 1 saturated carbocycles. The summed E-state index contributed by atoms with van der Waals surface area (Å²) in [5, 5.41) is 4.74. The lowest BCUT2D eigenvalue weighted by molar-refractivity contribution is -0.0276. The predicted molar refractivity (Wildman–Crippen MR) is 86.3 cm³/mol. The van der Waals surface area contributed by atoms with Crippen LogP contribution in [-0.4, -0.2) is 28.5 Å². The van der Waals surface area contributed by atoms with Crippen LogP contribution in [0.15, 0.2) is 12.3 Å². The van der Waals surface area contributed by atoms with Crippen LogP contribution >= 0.6 is 0 Å². The summed E-state index contributed by atoms with van der Waals surface area (Å²) in [6.07, 6.45) is 8.13. The zero-order chi connectivity index (χ0) is 15.5. The van der Waals surface area contributed by atoms with Gasteiger partial charge in [-0.2, -0.15) is 5.10 Å².